The molecule has 3 rings (SSSR count). The number of anilines is 2. The molecule has 0 saturated carbocycles. The molecule has 28 heavy (non-hydrogen) atoms. The van der Waals surface area contributed by atoms with Crippen LogP contribution in [0.15, 0.2) is 0 Å². The van der Waals surface area contributed by atoms with Gasteiger partial charge in [-0.05, 0) is 30.2 Å². The monoisotopic (exact) mass is 419 g/mol. The summed E-state index contributed by atoms with van der Waals surface area (Å²) >= 11 is 1.83. The number of aromatic nitrogens is 2. The smallest absolute Gasteiger partial charge is 0.475 e. The SMILES string of the molecule is CN(CCN)c1nc(N)nc2c3c(sc12)CCC(C)(C)C3.O=C(O)C(F)(F)F. The van der Waals surface area contributed by atoms with Crippen LogP contribution in [0.4, 0.5) is 24.9 Å². The molecule has 2 aromatic heterocycles. The second-order valence-electron chi connectivity index (χ2n) is 7.44. The fraction of sp³-hybridized carbons (Fsp3) is 0.588. The number of halogens is 3. The number of nitrogen functional groups attached to an aromatic ring is 1. The van der Waals surface area contributed by atoms with Crippen molar-refractivity contribution in [1.82, 2.24) is 9.97 Å². The third-order valence-corrected chi connectivity index (χ3v) is 5.74. The highest BCUT2D eigenvalue weighted by Gasteiger charge is 2.38. The molecule has 0 spiro atoms. The lowest BCUT2D eigenvalue weighted by Crippen LogP contribution is -2.26. The molecule has 0 aromatic carbocycles. The number of carboxylic acid groups (broad SMARTS) is 1. The Balaban J connectivity index is 0.000000345. The molecule has 0 unspecified atom stereocenters. The minimum Gasteiger partial charge on any atom is -0.475 e. The molecule has 0 fully saturated rings. The number of nitrogens with two attached hydrogens (primary N) is 2. The Morgan fingerprint density at radius 2 is 1.96 bits per heavy atom. The van der Waals surface area contributed by atoms with E-state index in [-0.39, 0.29) is 0 Å². The van der Waals surface area contributed by atoms with Gasteiger partial charge in [-0.25, -0.2) is 9.78 Å². The van der Waals surface area contributed by atoms with Gasteiger partial charge in [0.2, 0.25) is 5.95 Å². The third kappa shape index (κ3) is 5.02. The highest BCUT2D eigenvalue weighted by Crippen LogP contribution is 2.44. The average Bonchev–Trinajstić information content (AvgIpc) is 2.90. The molecule has 0 saturated heterocycles. The molecule has 156 valence electrons. The summed E-state index contributed by atoms with van der Waals surface area (Å²) in [5, 5.41) is 7.12. The maximum atomic E-state index is 10.6. The Morgan fingerprint density at radius 3 is 2.50 bits per heavy atom. The number of carbonyl (C=O) groups is 1. The summed E-state index contributed by atoms with van der Waals surface area (Å²) in [6.45, 7) is 6.01. The maximum absolute atomic E-state index is 10.6. The molecular formula is C17H24F3N5O2S. The van der Waals surface area contributed by atoms with Gasteiger partial charge in [-0.2, -0.15) is 18.2 Å². The minimum absolute atomic E-state index is 0.337. The third-order valence-electron chi connectivity index (χ3n) is 4.47. The number of carboxylic acids is 1. The molecule has 0 aliphatic heterocycles. The fourth-order valence-corrected chi connectivity index (χ4v) is 4.33. The second-order valence-corrected chi connectivity index (χ2v) is 8.55. The summed E-state index contributed by atoms with van der Waals surface area (Å²) in [4.78, 5) is 21.4. The largest absolute Gasteiger partial charge is 0.490 e. The van der Waals surface area contributed by atoms with Gasteiger partial charge >= 0.3 is 12.1 Å². The Bertz CT molecular complexity index is 867. The number of aryl methyl sites for hydroxylation is 1. The lowest BCUT2D eigenvalue weighted by molar-refractivity contribution is -0.192. The number of hydrogen-bond donors (Lipinski definition) is 3. The standard InChI is InChI=1S/C15H23N5S.C2HF3O2/c1-15(2)5-4-10-9(8-15)11-12(21-10)13(19-14(17)18-11)20(3)7-6-16;3-2(4,5)1(6)7/h4-8,16H2,1-3H3,(H2,17,18,19);(H,6,7). The van der Waals surface area contributed by atoms with Crippen molar-refractivity contribution in [1.29, 1.82) is 0 Å². The van der Waals surface area contributed by atoms with Gasteiger partial charge in [-0.3, -0.25) is 0 Å². The molecular weight excluding hydrogens is 395 g/mol. The highest BCUT2D eigenvalue weighted by atomic mass is 32.1. The summed E-state index contributed by atoms with van der Waals surface area (Å²) in [5.41, 5.74) is 14.4. The van der Waals surface area contributed by atoms with E-state index in [1.165, 1.54) is 16.9 Å². The Morgan fingerprint density at radius 1 is 1.36 bits per heavy atom. The Kier molecular flexibility index (Phi) is 6.39. The number of alkyl halides is 3. The first-order chi connectivity index (χ1) is 12.9. The van der Waals surface area contributed by atoms with Gasteiger partial charge < -0.3 is 21.5 Å². The van der Waals surface area contributed by atoms with E-state index in [1.807, 2.05) is 18.4 Å². The lowest BCUT2D eigenvalue weighted by atomic mass is 9.77. The van der Waals surface area contributed by atoms with E-state index in [4.69, 9.17) is 21.4 Å². The van der Waals surface area contributed by atoms with Crippen molar-refractivity contribution in [2.45, 2.75) is 39.3 Å². The number of rotatable bonds is 3. The normalized spacial score (nSPS) is 15.5. The van der Waals surface area contributed by atoms with Gasteiger partial charge in [-0.15, -0.1) is 11.3 Å². The number of hydrogen-bond acceptors (Lipinski definition) is 7. The molecule has 0 atom stereocenters. The first-order valence-corrected chi connectivity index (χ1v) is 9.46. The summed E-state index contributed by atoms with van der Waals surface area (Å²) in [6, 6.07) is 0. The molecule has 2 heterocycles. The number of thiophene rings is 1. The van der Waals surface area contributed by atoms with E-state index >= 15 is 0 Å². The van der Waals surface area contributed by atoms with Crippen LogP contribution in [0.1, 0.15) is 30.7 Å². The molecule has 0 amide bonds. The van der Waals surface area contributed by atoms with Crippen LogP contribution >= 0.6 is 11.3 Å². The number of nitrogens with zero attached hydrogens (tertiary/aromatic N) is 3. The predicted molar refractivity (Wildman–Crippen MR) is 104 cm³/mol. The molecule has 0 bridgehead atoms. The number of aliphatic carboxylic acids is 1. The molecule has 5 N–H and O–H groups in total. The Labute approximate surface area is 164 Å². The van der Waals surface area contributed by atoms with Crippen molar-refractivity contribution >= 4 is 39.3 Å². The van der Waals surface area contributed by atoms with Crippen molar-refractivity contribution < 1.29 is 23.1 Å². The molecule has 2 aromatic rings. The maximum Gasteiger partial charge on any atom is 0.490 e. The first-order valence-electron chi connectivity index (χ1n) is 8.65. The van der Waals surface area contributed by atoms with Crippen LogP contribution in [0, 0.1) is 5.41 Å². The zero-order chi connectivity index (χ0) is 21.3. The summed E-state index contributed by atoms with van der Waals surface area (Å²) in [7, 11) is 2.01. The van der Waals surface area contributed by atoms with Crippen molar-refractivity contribution in [3.63, 3.8) is 0 Å². The van der Waals surface area contributed by atoms with Crippen LogP contribution in [0.3, 0.4) is 0 Å². The van der Waals surface area contributed by atoms with Crippen molar-refractivity contribution in [3.8, 4) is 0 Å². The van der Waals surface area contributed by atoms with Crippen LogP contribution in [0.25, 0.3) is 10.2 Å². The van der Waals surface area contributed by atoms with Gasteiger partial charge in [0.1, 0.15) is 0 Å². The van der Waals surface area contributed by atoms with E-state index in [0.717, 1.165) is 35.4 Å². The molecule has 0 radical (unpaired) electrons. The van der Waals surface area contributed by atoms with E-state index in [0.29, 0.717) is 17.9 Å². The fourth-order valence-electron chi connectivity index (χ4n) is 3.03. The van der Waals surface area contributed by atoms with Crippen LogP contribution in [0.5, 0.6) is 0 Å². The quantitative estimate of drug-likeness (QED) is 0.700. The molecule has 1 aliphatic carbocycles. The molecule has 7 nitrogen and oxygen atoms in total. The average molecular weight is 419 g/mol. The van der Waals surface area contributed by atoms with Crippen molar-refractivity contribution in [2.75, 3.05) is 30.8 Å². The van der Waals surface area contributed by atoms with Crippen molar-refractivity contribution in [2.24, 2.45) is 11.1 Å². The van der Waals surface area contributed by atoms with E-state index in [2.05, 4.69) is 28.7 Å². The zero-order valence-corrected chi connectivity index (χ0v) is 16.7. The van der Waals surface area contributed by atoms with Gasteiger partial charge in [0.15, 0.2) is 5.82 Å². The molecule has 1 aliphatic rings. The predicted octanol–water partition coefficient (Wildman–Crippen LogP) is 2.82. The van der Waals surface area contributed by atoms with Gasteiger partial charge in [0.05, 0.1) is 10.2 Å². The van der Waals surface area contributed by atoms with E-state index in [9.17, 15) is 13.2 Å². The zero-order valence-electron chi connectivity index (χ0n) is 15.9. The Hall–Kier alpha value is -2.14. The molecule has 11 heteroatoms. The van der Waals surface area contributed by atoms with Crippen LogP contribution in [-0.4, -0.2) is 47.4 Å². The van der Waals surface area contributed by atoms with E-state index < -0.39 is 12.1 Å². The summed E-state index contributed by atoms with van der Waals surface area (Å²) < 4.78 is 32.9. The van der Waals surface area contributed by atoms with Crippen LogP contribution in [-0.2, 0) is 17.6 Å². The first kappa shape index (κ1) is 22.2. The minimum atomic E-state index is -5.08. The lowest BCUT2D eigenvalue weighted by Gasteiger charge is -2.29. The topological polar surface area (TPSA) is 118 Å². The van der Waals surface area contributed by atoms with Gasteiger partial charge in [-0.1, -0.05) is 13.8 Å². The highest BCUT2D eigenvalue weighted by molar-refractivity contribution is 7.19. The van der Waals surface area contributed by atoms with E-state index in [1.54, 1.807) is 0 Å². The van der Waals surface area contributed by atoms with Gasteiger partial charge in [0, 0.05) is 25.0 Å². The second kappa shape index (κ2) is 8.08. The van der Waals surface area contributed by atoms with Gasteiger partial charge in [0.25, 0.3) is 0 Å². The number of likely N-dealkylation sites (N-methyl/N-ethyl adjacent to an activating group) is 1. The number of fused-ring (bicyclic) bond motifs is 3. The van der Waals surface area contributed by atoms with Crippen molar-refractivity contribution in [3.05, 3.63) is 10.4 Å². The van der Waals surface area contributed by atoms with Crippen LogP contribution < -0.4 is 16.4 Å². The summed E-state index contributed by atoms with van der Waals surface area (Å²) in [5.74, 6) is -1.49. The summed E-state index contributed by atoms with van der Waals surface area (Å²) in [6.07, 6.45) is -1.66. The van der Waals surface area contributed by atoms with Crippen LogP contribution in [0.2, 0.25) is 0 Å².